The zero-order chi connectivity index (χ0) is 18.5. The number of aromatic nitrogens is 2. The smallest absolute Gasteiger partial charge is 0.140 e. The normalized spacial score (nSPS) is 27.2. The van der Waals surface area contributed by atoms with Crippen molar-refractivity contribution >= 4 is 11.0 Å². The van der Waals surface area contributed by atoms with Crippen LogP contribution >= 0.6 is 0 Å². The van der Waals surface area contributed by atoms with Crippen molar-refractivity contribution in [3.05, 3.63) is 59.4 Å². The quantitative estimate of drug-likeness (QED) is 0.662. The van der Waals surface area contributed by atoms with Crippen LogP contribution in [0.2, 0.25) is 0 Å². The summed E-state index contributed by atoms with van der Waals surface area (Å²) in [6, 6.07) is 9.72. The first-order chi connectivity index (χ1) is 13.1. The lowest BCUT2D eigenvalue weighted by Crippen LogP contribution is -2.34. The molecule has 3 aromatic rings. The molecule has 3 heterocycles. The summed E-state index contributed by atoms with van der Waals surface area (Å²) < 4.78 is 8.15. The van der Waals surface area contributed by atoms with Crippen molar-refractivity contribution < 1.29 is 14.9 Å². The van der Waals surface area contributed by atoms with Gasteiger partial charge >= 0.3 is 0 Å². The fourth-order valence-corrected chi connectivity index (χ4v) is 4.39. The van der Waals surface area contributed by atoms with E-state index in [-0.39, 0.29) is 6.04 Å². The lowest BCUT2D eigenvalue weighted by atomic mass is 10.1. The second-order valence-electron chi connectivity index (χ2n) is 7.53. The molecule has 1 saturated carbocycles. The number of nitrogens with one attached hydrogen (secondary N) is 1. The zero-order valence-electron chi connectivity index (χ0n) is 15.2. The first-order valence-electron chi connectivity index (χ1n) is 9.40. The van der Waals surface area contributed by atoms with Crippen LogP contribution in [0.4, 0.5) is 0 Å². The molecule has 1 aliphatic heterocycles. The molecule has 6 nitrogen and oxygen atoms in total. The minimum Gasteiger partial charge on any atom is -0.487 e. The van der Waals surface area contributed by atoms with Gasteiger partial charge in [-0.15, -0.1) is 0 Å². The third kappa shape index (κ3) is 2.64. The van der Waals surface area contributed by atoms with E-state index >= 15 is 0 Å². The van der Waals surface area contributed by atoms with Gasteiger partial charge in [0.15, 0.2) is 0 Å². The number of aryl methyl sites for hydroxylation is 1. The van der Waals surface area contributed by atoms with Crippen LogP contribution < -0.4 is 10.1 Å². The summed E-state index contributed by atoms with van der Waals surface area (Å²) in [5, 5.41) is 25.7. The maximum Gasteiger partial charge on any atom is 0.140 e. The molecule has 1 aromatic carbocycles. The Hall–Kier alpha value is -2.41. The topological polar surface area (TPSA) is 79.5 Å². The first-order valence-corrected chi connectivity index (χ1v) is 9.40. The molecule has 3 N–H and O–H groups in total. The average molecular weight is 365 g/mol. The Morgan fingerprint density at radius 1 is 1.15 bits per heavy atom. The highest BCUT2D eigenvalue weighted by Gasteiger charge is 2.44. The Labute approximate surface area is 157 Å². The van der Waals surface area contributed by atoms with E-state index in [9.17, 15) is 10.2 Å². The molecular weight excluding hydrogens is 342 g/mol. The standard InChI is InChI=1S/C21H23N3O3/c1-12-5-7-23-21-14(12)6-8-24(21)16-9-18(20(26)19(16)25)27-17-4-2-3-13-10-22-11-15(13)17/h2-8,16,18-20,22,25-26H,9-11H2,1H3/t16-,18+,19+,20-/m1/s1. The SMILES string of the molecule is Cc1ccnc2c1ccn2[C@@H]1C[C@H](Oc2cccc3c2CNC3)[C@@H](O)[C@H]1O. The molecule has 0 saturated heterocycles. The van der Waals surface area contributed by atoms with Gasteiger partial charge in [-0.1, -0.05) is 12.1 Å². The maximum absolute atomic E-state index is 10.7. The summed E-state index contributed by atoms with van der Waals surface area (Å²) in [4.78, 5) is 4.48. The van der Waals surface area contributed by atoms with Crippen LogP contribution in [-0.2, 0) is 13.1 Å². The van der Waals surface area contributed by atoms with Gasteiger partial charge in [0, 0.05) is 42.9 Å². The summed E-state index contributed by atoms with van der Waals surface area (Å²) in [5.74, 6) is 0.792. The molecule has 0 amide bonds. The predicted octanol–water partition coefficient (Wildman–Crippen LogP) is 2.06. The lowest BCUT2D eigenvalue weighted by Gasteiger charge is -2.20. The van der Waals surface area contributed by atoms with Crippen LogP contribution in [0.3, 0.4) is 0 Å². The van der Waals surface area contributed by atoms with Gasteiger partial charge in [-0.25, -0.2) is 4.98 Å². The number of aliphatic hydroxyl groups is 2. The van der Waals surface area contributed by atoms with E-state index < -0.39 is 18.3 Å². The molecule has 6 heteroatoms. The zero-order valence-corrected chi connectivity index (χ0v) is 15.2. The van der Waals surface area contributed by atoms with Crippen molar-refractivity contribution in [2.24, 2.45) is 0 Å². The third-order valence-corrected chi connectivity index (χ3v) is 5.92. The Morgan fingerprint density at radius 3 is 2.93 bits per heavy atom. The number of hydrogen-bond donors (Lipinski definition) is 3. The molecule has 140 valence electrons. The Bertz CT molecular complexity index is 1000. The number of rotatable bonds is 3. The number of pyridine rings is 1. The fourth-order valence-electron chi connectivity index (χ4n) is 4.39. The van der Waals surface area contributed by atoms with E-state index in [0.29, 0.717) is 6.42 Å². The van der Waals surface area contributed by atoms with Gasteiger partial charge in [-0.2, -0.15) is 0 Å². The van der Waals surface area contributed by atoms with E-state index in [1.54, 1.807) is 6.20 Å². The highest BCUT2D eigenvalue weighted by molar-refractivity contribution is 5.79. The molecule has 1 aliphatic carbocycles. The highest BCUT2D eigenvalue weighted by atomic mass is 16.5. The van der Waals surface area contributed by atoms with Crippen LogP contribution in [0.5, 0.6) is 5.75 Å². The molecule has 2 aromatic heterocycles. The van der Waals surface area contributed by atoms with Crippen molar-refractivity contribution in [2.45, 2.75) is 50.8 Å². The summed E-state index contributed by atoms with van der Waals surface area (Å²) in [6.45, 7) is 3.65. The molecule has 2 aliphatic rings. The number of nitrogens with zero attached hydrogens (tertiary/aromatic N) is 2. The predicted molar refractivity (Wildman–Crippen MR) is 102 cm³/mol. The van der Waals surface area contributed by atoms with Crippen molar-refractivity contribution in [2.75, 3.05) is 0 Å². The van der Waals surface area contributed by atoms with Gasteiger partial charge in [0.2, 0.25) is 0 Å². The first kappa shape index (κ1) is 16.7. The Kier molecular flexibility index (Phi) is 3.93. The second kappa shape index (κ2) is 6.34. The Balaban J connectivity index is 1.44. The number of benzene rings is 1. The fraction of sp³-hybridized carbons (Fsp3) is 0.381. The summed E-state index contributed by atoms with van der Waals surface area (Å²) >= 11 is 0. The van der Waals surface area contributed by atoms with Gasteiger partial charge in [0.05, 0.1) is 6.04 Å². The van der Waals surface area contributed by atoms with Crippen molar-refractivity contribution in [1.82, 2.24) is 14.9 Å². The second-order valence-corrected chi connectivity index (χ2v) is 7.53. The highest BCUT2D eigenvalue weighted by Crippen LogP contribution is 2.37. The van der Waals surface area contributed by atoms with Gasteiger partial charge in [-0.05, 0) is 36.2 Å². The molecular formula is C21H23N3O3. The van der Waals surface area contributed by atoms with Gasteiger partial charge in [-0.3, -0.25) is 0 Å². The number of ether oxygens (including phenoxy) is 1. The van der Waals surface area contributed by atoms with Crippen LogP contribution in [0.1, 0.15) is 29.2 Å². The molecule has 5 rings (SSSR count). The molecule has 27 heavy (non-hydrogen) atoms. The number of aliphatic hydroxyl groups excluding tert-OH is 2. The van der Waals surface area contributed by atoms with E-state index in [2.05, 4.69) is 16.4 Å². The summed E-state index contributed by atoms with van der Waals surface area (Å²) in [7, 11) is 0. The Morgan fingerprint density at radius 2 is 2.04 bits per heavy atom. The van der Waals surface area contributed by atoms with Crippen molar-refractivity contribution in [3.63, 3.8) is 0 Å². The monoisotopic (exact) mass is 365 g/mol. The van der Waals surface area contributed by atoms with Crippen LogP contribution in [0.25, 0.3) is 11.0 Å². The van der Waals surface area contributed by atoms with E-state index in [4.69, 9.17) is 4.74 Å². The van der Waals surface area contributed by atoms with Crippen molar-refractivity contribution in [3.8, 4) is 5.75 Å². The third-order valence-electron chi connectivity index (χ3n) is 5.92. The van der Waals surface area contributed by atoms with E-state index in [1.807, 2.05) is 42.0 Å². The van der Waals surface area contributed by atoms with Crippen LogP contribution in [0.15, 0.2) is 42.7 Å². The van der Waals surface area contributed by atoms with Crippen LogP contribution in [0, 0.1) is 6.92 Å². The van der Waals surface area contributed by atoms with E-state index in [0.717, 1.165) is 41.0 Å². The average Bonchev–Trinajstić information content (AvgIpc) is 3.37. The molecule has 0 unspecified atom stereocenters. The van der Waals surface area contributed by atoms with Gasteiger partial charge in [0.1, 0.15) is 29.7 Å². The minimum absolute atomic E-state index is 0.272. The summed E-state index contributed by atoms with van der Waals surface area (Å²) in [6.07, 6.45) is 1.95. The van der Waals surface area contributed by atoms with Crippen molar-refractivity contribution in [1.29, 1.82) is 0 Å². The maximum atomic E-state index is 10.7. The largest absolute Gasteiger partial charge is 0.487 e. The number of fused-ring (bicyclic) bond motifs is 2. The number of hydrogen-bond acceptors (Lipinski definition) is 5. The molecule has 0 spiro atoms. The van der Waals surface area contributed by atoms with Gasteiger partial charge < -0.3 is 24.8 Å². The van der Waals surface area contributed by atoms with E-state index in [1.165, 1.54) is 5.56 Å². The molecule has 0 radical (unpaired) electrons. The van der Waals surface area contributed by atoms with Crippen LogP contribution in [-0.4, -0.2) is 38.1 Å². The molecule has 0 bridgehead atoms. The summed E-state index contributed by atoms with van der Waals surface area (Å²) in [5.41, 5.74) is 4.35. The lowest BCUT2D eigenvalue weighted by molar-refractivity contribution is -0.0165. The molecule has 1 fully saturated rings. The van der Waals surface area contributed by atoms with Gasteiger partial charge in [0.25, 0.3) is 0 Å². The minimum atomic E-state index is -0.942. The molecule has 4 atom stereocenters.